The molecule has 0 saturated heterocycles. The molecule has 152 valence electrons. The van der Waals surface area contributed by atoms with Crippen LogP contribution in [0, 0.1) is 0 Å². The van der Waals surface area contributed by atoms with Gasteiger partial charge >= 0.3 is 0 Å². The number of carbonyl (C=O) groups excluding carboxylic acids is 1. The van der Waals surface area contributed by atoms with Crippen LogP contribution in [0.5, 0.6) is 5.75 Å². The maximum absolute atomic E-state index is 13.2. The lowest BCUT2D eigenvalue weighted by Crippen LogP contribution is -2.19. The maximum atomic E-state index is 13.2. The molecule has 1 unspecified atom stereocenters. The van der Waals surface area contributed by atoms with Gasteiger partial charge in [-0.3, -0.25) is 4.79 Å². The standard InChI is InChI=1S/C22H19N3O3S2/c1-2-27-17-12-7-6-11-16(17)23-20(26)19(15-9-4-3-5-10-15)30-22-25-24-21(28-22)18-13-8-14-29-18/h3-14,19H,2H2,1H3,(H,23,26). The van der Waals surface area contributed by atoms with E-state index in [1.807, 2.05) is 79.0 Å². The molecule has 0 saturated carbocycles. The van der Waals surface area contributed by atoms with Gasteiger partial charge in [0.1, 0.15) is 11.0 Å². The first kappa shape index (κ1) is 20.2. The van der Waals surface area contributed by atoms with E-state index in [0.29, 0.717) is 29.2 Å². The first-order valence-corrected chi connectivity index (χ1v) is 11.1. The van der Waals surface area contributed by atoms with Crippen molar-refractivity contribution in [3.05, 3.63) is 77.7 Å². The number of aromatic nitrogens is 2. The number of ether oxygens (including phenoxy) is 1. The minimum Gasteiger partial charge on any atom is -0.492 e. The van der Waals surface area contributed by atoms with Gasteiger partial charge in [0.25, 0.3) is 11.1 Å². The first-order chi connectivity index (χ1) is 14.7. The van der Waals surface area contributed by atoms with E-state index in [0.717, 1.165) is 10.4 Å². The van der Waals surface area contributed by atoms with E-state index in [1.165, 1.54) is 23.1 Å². The molecular formula is C22H19N3O3S2. The van der Waals surface area contributed by atoms with Gasteiger partial charge in [-0.1, -0.05) is 48.5 Å². The fraction of sp³-hybridized carbons (Fsp3) is 0.136. The Labute approximate surface area is 182 Å². The number of rotatable bonds is 8. The minimum atomic E-state index is -0.572. The zero-order valence-electron chi connectivity index (χ0n) is 16.1. The first-order valence-electron chi connectivity index (χ1n) is 9.36. The second-order valence-corrected chi connectivity index (χ2v) is 8.18. The Bertz CT molecular complexity index is 1100. The third kappa shape index (κ3) is 4.72. The van der Waals surface area contributed by atoms with Crippen LogP contribution in [0.4, 0.5) is 5.69 Å². The summed E-state index contributed by atoms with van der Waals surface area (Å²) < 4.78 is 11.4. The molecule has 0 aliphatic carbocycles. The lowest BCUT2D eigenvalue weighted by Gasteiger charge is -2.17. The number of nitrogens with one attached hydrogen (secondary N) is 1. The van der Waals surface area contributed by atoms with Crippen LogP contribution in [-0.4, -0.2) is 22.7 Å². The van der Waals surface area contributed by atoms with Crippen molar-refractivity contribution in [2.45, 2.75) is 17.4 Å². The van der Waals surface area contributed by atoms with Crippen LogP contribution in [0.3, 0.4) is 0 Å². The van der Waals surface area contributed by atoms with Gasteiger partial charge in [0.2, 0.25) is 5.91 Å². The second kappa shape index (κ2) is 9.60. The van der Waals surface area contributed by atoms with Gasteiger partial charge in [-0.15, -0.1) is 21.5 Å². The Kier molecular flexibility index (Phi) is 6.46. The molecule has 6 nitrogen and oxygen atoms in total. The molecule has 0 spiro atoms. The third-order valence-electron chi connectivity index (χ3n) is 4.14. The second-order valence-electron chi connectivity index (χ2n) is 6.18. The number of thiophene rings is 1. The highest BCUT2D eigenvalue weighted by Gasteiger charge is 2.26. The number of nitrogens with zero attached hydrogens (tertiary/aromatic N) is 2. The number of carbonyl (C=O) groups is 1. The quantitative estimate of drug-likeness (QED) is 0.358. The lowest BCUT2D eigenvalue weighted by molar-refractivity contribution is -0.115. The van der Waals surface area contributed by atoms with Crippen LogP contribution in [0.25, 0.3) is 10.8 Å². The molecule has 1 atom stereocenters. The van der Waals surface area contributed by atoms with Gasteiger partial charge in [-0.05, 0) is 47.8 Å². The summed E-state index contributed by atoms with van der Waals surface area (Å²) in [5.41, 5.74) is 1.46. The van der Waals surface area contributed by atoms with Crippen LogP contribution in [0.15, 0.2) is 81.8 Å². The van der Waals surface area contributed by atoms with Crippen molar-refractivity contribution in [1.29, 1.82) is 0 Å². The molecular weight excluding hydrogens is 418 g/mol. The topological polar surface area (TPSA) is 77.2 Å². The fourth-order valence-corrected chi connectivity index (χ4v) is 4.33. The molecule has 4 aromatic rings. The smallest absolute Gasteiger partial charge is 0.278 e. The normalized spacial score (nSPS) is 11.8. The summed E-state index contributed by atoms with van der Waals surface area (Å²) in [7, 11) is 0. The molecule has 0 fully saturated rings. The number of amides is 1. The van der Waals surface area contributed by atoms with E-state index in [9.17, 15) is 4.79 Å². The summed E-state index contributed by atoms with van der Waals surface area (Å²) >= 11 is 2.74. The fourth-order valence-electron chi connectivity index (χ4n) is 2.81. The van der Waals surface area contributed by atoms with Gasteiger partial charge in [0.05, 0.1) is 17.2 Å². The van der Waals surface area contributed by atoms with Crippen LogP contribution < -0.4 is 10.1 Å². The summed E-state index contributed by atoms with van der Waals surface area (Å²) in [5, 5.41) is 12.9. The van der Waals surface area contributed by atoms with Crippen molar-refractivity contribution in [2.75, 3.05) is 11.9 Å². The van der Waals surface area contributed by atoms with E-state index in [2.05, 4.69) is 15.5 Å². The Morgan fingerprint density at radius 2 is 1.90 bits per heavy atom. The van der Waals surface area contributed by atoms with Crippen molar-refractivity contribution in [3.63, 3.8) is 0 Å². The van der Waals surface area contributed by atoms with E-state index in [-0.39, 0.29) is 5.91 Å². The highest BCUT2D eigenvalue weighted by molar-refractivity contribution is 8.00. The van der Waals surface area contributed by atoms with Crippen LogP contribution in [0.1, 0.15) is 17.7 Å². The van der Waals surface area contributed by atoms with Gasteiger partial charge < -0.3 is 14.5 Å². The molecule has 0 radical (unpaired) electrons. The van der Waals surface area contributed by atoms with Crippen molar-refractivity contribution < 1.29 is 13.9 Å². The highest BCUT2D eigenvalue weighted by atomic mass is 32.2. The van der Waals surface area contributed by atoms with Gasteiger partial charge in [0.15, 0.2) is 0 Å². The highest BCUT2D eigenvalue weighted by Crippen LogP contribution is 2.37. The van der Waals surface area contributed by atoms with Gasteiger partial charge in [-0.2, -0.15) is 0 Å². The summed E-state index contributed by atoms with van der Waals surface area (Å²) in [6.45, 7) is 2.42. The zero-order valence-corrected chi connectivity index (χ0v) is 17.8. The number of anilines is 1. The van der Waals surface area contributed by atoms with Crippen LogP contribution in [-0.2, 0) is 4.79 Å². The summed E-state index contributed by atoms with van der Waals surface area (Å²) in [6, 6.07) is 20.7. The SMILES string of the molecule is CCOc1ccccc1NC(=O)C(Sc1nnc(-c2cccs2)o1)c1ccccc1. The number of para-hydroxylation sites is 2. The van der Waals surface area contributed by atoms with Crippen molar-refractivity contribution >= 4 is 34.7 Å². The molecule has 1 amide bonds. The minimum absolute atomic E-state index is 0.200. The predicted octanol–water partition coefficient (Wildman–Crippen LogP) is 5.67. The molecule has 0 aliphatic rings. The van der Waals surface area contributed by atoms with E-state index >= 15 is 0 Å². The number of benzene rings is 2. The Morgan fingerprint density at radius 3 is 2.67 bits per heavy atom. The number of thioether (sulfide) groups is 1. The Hall–Kier alpha value is -3.10. The summed E-state index contributed by atoms with van der Waals surface area (Å²) in [5.74, 6) is 0.874. The Balaban J connectivity index is 1.58. The van der Waals surface area contributed by atoms with Crippen LogP contribution >= 0.6 is 23.1 Å². The third-order valence-corrected chi connectivity index (χ3v) is 6.09. The summed E-state index contributed by atoms with van der Waals surface area (Å²) in [6.07, 6.45) is 0. The van der Waals surface area contributed by atoms with Crippen LogP contribution in [0.2, 0.25) is 0 Å². The monoisotopic (exact) mass is 437 g/mol. The molecule has 4 rings (SSSR count). The molecule has 30 heavy (non-hydrogen) atoms. The average Bonchev–Trinajstić information content (AvgIpc) is 3.46. The molecule has 2 aromatic carbocycles. The van der Waals surface area contributed by atoms with E-state index in [4.69, 9.17) is 9.15 Å². The number of hydrogen-bond acceptors (Lipinski definition) is 7. The molecule has 0 aliphatic heterocycles. The molecule has 2 aromatic heterocycles. The molecule has 8 heteroatoms. The number of hydrogen-bond donors (Lipinski definition) is 1. The lowest BCUT2D eigenvalue weighted by atomic mass is 10.1. The zero-order chi connectivity index (χ0) is 20.8. The van der Waals surface area contributed by atoms with Gasteiger partial charge in [0, 0.05) is 0 Å². The predicted molar refractivity (Wildman–Crippen MR) is 119 cm³/mol. The average molecular weight is 438 g/mol. The molecule has 0 bridgehead atoms. The van der Waals surface area contributed by atoms with Crippen molar-refractivity contribution in [2.24, 2.45) is 0 Å². The van der Waals surface area contributed by atoms with Crippen molar-refractivity contribution in [3.8, 4) is 16.5 Å². The summed E-state index contributed by atoms with van der Waals surface area (Å²) in [4.78, 5) is 14.1. The maximum Gasteiger partial charge on any atom is 0.278 e. The van der Waals surface area contributed by atoms with Gasteiger partial charge in [-0.25, -0.2) is 0 Å². The molecule has 2 heterocycles. The largest absolute Gasteiger partial charge is 0.492 e. The Morgan fingerprint density at radius 1 is 1.10 bits per heavy atom. The molecule has 1 N–H and O–H groups in total. The van der Waals surface area contributed by atoms with Crippen molar-refractivity contribution in [1.82, 2.24) is 10.2 Å². The van der Waals surface area contributed by atoms with E-state index in [1.54, 1.807) is 0 Å². The van der Waals surface area contributed by atoms with E-state index < -0.39 is 5.25 Å².